The maximum atomic E-state index is 6.48. The Labute approximate surface area is 121 Å². The monoisotopic (exact) mass is 281 g/mol. The molecule has 2 rings (SSSR count). The predicted octanol–water partition coefficient (Wildman–Crippen LogP) is 3.99. The molecule has 0 spiro atoms. The second kappa shape index (κ2) is 5.94. The minimum atomic E-state index is -0.0917. The van der Waals surface area contributed by atoms with Gasteiger partial charge in [-0.1, -0.05) is 13.8 Å². The first-order chi connectivity index (χ1) is 8.97. The van der Waals surface area contributed by atoms with E-state index in [1.54, 1.807) is 11.3 Å². The number of nitrogens with two attached hydrogens (primary N) is 1. The number of hydrogen-bond donors (Lipinski definition) is 1. The van der Waals surface area contributed by atoms with Gasteiger partial charge < -0.3 is 10.5 Å². The lowest BCUT2D eigenvalue weighted by molar-refractivity contribution is -0.0796. The van der Waals surface area contributed by atoms with Crippen molar-refractivity contribution in [1.82, 2.24) is 0 Å². The normalized spacial score (nSPS) is 23.2. The number of aryl methyl sites for hydroxylation is 1. The second-order valence-electron chi connectivity index (χ2n) is 6.71. The molecule has 3 heteroatoms. The lowest BCUT2D eigenvalue weighted by atomic mass is 9.68. The molecule has 19 heavy (non-hydrogen) atoms. The van der Waals surface area contributed by atoms with E-state index in [1.165, 1.54) is 18.4 Å². The predicted molar refractivity (Wildman–Crippen MR) is 82.6 cm³/mol. The quantitative estimate of drug-likeness (QED) is 0.885. The summed E-state index contributed by atoms with van der Waals surface area (Å²) in [7, 11) is 1.84. The Balaban J connectivity index is 1.93. The van der Waals surface area contributed by atoms with Gasteiger partial charge in [-0.25, -0.2) is 0 Å². The first-order valence-electron chi connectivity index (χ1n) is 7.29. The third kappa shape index (κ3) is 3.59. The molecule has 2 N–H and O–H groups in total. The Morgan fingerprint density at radius 1 is 1.32 bits per heavy atom. The van der Waals surface area contributed by atoms with E-state index in [0.29, 0.717) is 5.41 Å². The van der Waals surface area contributed by atoms with Gasteiger partial charge in [0, 0.05) is 13.2 Å². The fourth-order valence-electron chi connectivity index (χ4n) is 3.10. The number of thiophene rings is 1. The average molecular weight is 281 g/mol. The van der Waals surface area contributed by atoms with Gasteiger partial charge in [-0.15, -0.1) is 0 Å². The second-order valence-corrected chi connectivity index (χ2v) is 7.49. The van der Waals surface area contributed by atoms with Gasteiger partial charge >= 0.3 is 0 Å². The lowest BCUT2D eigenvalue weighted by Gasteiger charge is -2.46. The summed E-state index contributed by atoms with van der Waals surface area (Å²) in [4.78, 5) is 0. The van der Waals surface area contributed by atoms with Crippen molar-refractivity contribution in [3.05, 3.63) is 22.4 Å². The minimum Gasteiger partial charge on any atom is -0.377 e. The molecule has 0 saturated heterocycles. The molecule has 1 aromatic heterocycles. The van der Waals surface area contributed by atoms with Crippen LogP contribution in [0.1, 0.15) is 51.5 Å². The summed E-state index contributed by atoms with van der Waals surface area (Å²) in [5.41, 5.74) is 8.24. The molecule has 1 saturated carbocycles. The fraction of sp³-hybridized carbons (Fsp3) is 0.750. The highest BCUT2D eigenvalue weighted by Crippen LogP contribution is 2.43. The molecular formula is C16H27NOS. The van der Waals surface area contributed by atoms with Gasteiger partial charge in [0.05, 0.1) is 5.60 Å². The standard InChI is InChI=1S/C16H27NOS/c1-15(2)7-9-16(18-3,10-8-15)14(17)5-4-13-6-11-19-12-13/h6,11-12,14H,4-5,7-10,17H2,1-3H3. The summed E-state index contributed by atoms with van der Waals surface area (Å²) in [5.74, 6) is 0. The van der Waals surface area contributed by atoms with Crippen LogP contribution in [-0.2, 0) is 11.2 Å². The lowest BCUT2D eigenvalue weighted by Crippen LogP contribution is -2.52. The molecule has 1 aliphatic carbocycles. The molecule has 108 valence electrons. The van der Waals surface area contributed by atoms with Gasteiger partial charge in [0.1, 0.15) is 0 Å². The minimum absolute atomic E-state index is 0.0917. The number of hydrogen-bond acceptors (Lipinski definition) is 3. The van der Waals surface area contributed by atoms with E-state index in [-0.39, 0.29) is 11.6 Å². The van der Waals surface area contributed by atoms with Gasteiger partial charge in [0.25, 0.3) is 0 Å². The maximum Gasteiger partial charge on any atom is 0.0829 e. The largest absolute Gasteiger partial charge is 0.377 e. The molecule has 2 nitrogen and oxygen atoms in total. The van der Waals surface area contributed by atoms with Crippen molar-refractivity contribution < 1.29 is 4.74 Å². The Bertz CT molecular complexity index is 375. The highest BCUT2D eigenvalue weighted by molar-refractivity contribution is 7.07. The molecule has 1 atom stereocenters. The molecule has 1 heterocycles. The van der Waals surface area contributed by atoms with Crippen LogP contribution in [0.15, 0.2) is 16.8 Å². The highest BCUT2D eigenvalue weighted by Gasteiger charge is 2.42. The van der Waals surface area contributed by atoms with Crippen molar-refractivity contribution in [3.63, 3.8) is 0 Å². The van der Waals surface area contributed by atoms with Crippen LogP contribution in [0.2, 0.25) is 0 Å². The zero-order valence-electron chi connectivity index (χ0n) is 12.4. The summed E-state index contributed by atoms with van der Waals surface area (Å²) < 4.78 is 5.88. The summed E-state index contributed by atoms with van der Waals surface area (Å²) in [6, 6.07) is 2.34. The van der Waals surface area contributed by atoms with Gasteiger partial charge in [-0.3, -0.25) is 0 Å². The topological polar surface area (TPSA) is 35.2 Å². The Morgan fingerprint density at radius 3 is 2.53 bits per heavy atom. The number of methoxy groups -OCH3 is 1. The molecule has 1 unspecified atom stereocenters. The van der Waals surface area contributed by atoms with Gasteiger partial charge in [-0.2, -0.15) is 11.3 Å². The van der Waals surface area contributed by atoms with Crippen LogP contribution in [0.3, 0.4) is 0 Å². The first-order valence-corrected chi connectivity index (χ1v) is 8.24. The van der Waals surface area contributed by atoms with Crippen molar-refractivity contribution in [2.45, 2.75) is 64.0 Å². The third-order valence-electron chi connectivity index (χ3n) is 4.86. The summed E-state index contributed by atoms with van der Waals surface area (Å²) >= 11 is 1.76. The third-order valence-corrected chi connectivity index (χ3v) is 5.59. The van der Waals surface area contributed by atoms with Gasteiger partial charge in [0.15, 0.2) is 0 Å². The maximum absolute atomic E-state index is 6.48. The van der Waals surface area contributed by atoms with E-state index < -0.39 is 0 Å². The van der Waals surface area contributed by atoms with Gasteiger partial charge in [-0.05, 0) is 66.3 Å². The number of ether oxygens (including phenoxy) is 1. The van der Waals surface area contributed by atoms with E-state index in [0.717, 1.165) is 25.7 Å². The van der Waals surface area contributed by atoms with Crippen LogP contribution in [0.25, 0.3) is 0 Å². The average Bonchev–Trinajstić information content (AvgIpc) is 2.90. The van der Waals surface area contributed by atoms with E-state index >= 15 is 0 Å². The molecule has 0 aromatic carbocycles. The smallest absolute Gasteiger partial charge is 0.0829 e. The fourth-order valence-corrected chi connectivity index (χ4v) is 3.80. The van der Waals surface area contributed by atoms with E-state index in [2.05, 4.69) is 30.7 Å². The molecule has 0 amide bonds. The van der Waals surface area contributed by atoms with Crippen molar-refractivity contribution in [2.24, 2.45) is 11.1 Å². The van der Waals surface area contributed by atoms with Crippen molar-refractivity contribution >= 4 is 11.3 Å². The Kier molecular flexibility index (Phi) is 4.70. The van der Waals surface area contributed by atoms with E-state index in [4.69, 9.17) is 10.5 Å². The van der Waals surface area contributed by atoms with Crippen LogP contribution < -0.4 is 5.73 Å². The van der Waals surface area contributed by atoms with Crippen LogP contribution in [0, 0.1) is 5.41 Å². The molecule has 1 aliphatic rings. The van der Waals surface area contributed by atoms with E-state index in [9.17, 15) is 0 Å². The zero-order valence-corrected chi connectivity index (χ0v) is 13.3. The zero-order chi connectivity index (χ0) is 13.9. The summed E-state index contributed by atoms with van der Waals surface area (Å²) in [6.45, 7) is 4.70. The van der Waals surface area contributed by atoms with Crippen LogP contribution in [0.5, 0.6) is 0 Å². The molecule has 1 aromatic rings. The van der Waals surface area contributed by atoms with Crippen molar-refractivity contribution in [1.29, 1.82) is 0 Å². The summed E-state index contributed by atoms with van der Waals surface area (Å²) in [6.07, 6.45) is 6.72. The Morgan fingerprint density at radius 2 is 2.00 bits per heavy atom. The molecule has 0 radical (unpaired) electrons. The first kappa shape index (κ1) is 15.0. The number of rotatable bonds is 5. The SMILES string of the molecule is COC1(C(N)CCc2ccsc2)CCC(C)(C)CC1. The van der Waals surface area contributed by atoms with Crippen LogP contribution in [0.4, 0.5) is 0 Å². The van der Waals surface area contributed by atoms with Crippen LogP contribution >= 0.6 is 11.3 Å². The van der Waals surface area contributed by atoms with Crippen LogP contribution in [-0.4, -0.2) is 18.8 Å². The van der Waals surface area contributed by atoms with Crippen molar-refractivity contribution in [3.8, 4) is 0 Å². The van der Waals surface area contributed by atoms with Gasteiger partial charge in [0.2, 0.25) is 0 Å². The van der Waals surface area contributed by atoms with Crippen molar-refractivity contribution in [2.75, 3.05) is 7.11 Å². The molecule has 1 fully saturated rings. The highest BCUT2D eigenvalue weighted by atomic mass is 32.1. The molecule has 0 bridgehead atoms. The Hall–Kier alpha value is -0.380. The molecule has 0 aliphatic heterocycles. The molecular weight excluding hydrogens is 254 g/mol. The summed E-state index contributed by atoms with van der Waals surface area (Å²) in [5, 5.41) is 4.35. The van der Waals surface area contributed by atoms with E-state index in [1.807, 2.05) is 7.11 Å².